The topological polar surface area (TPSA) is 47.3 Å². The van der Waals surface area contributed by atoms with Crippen LogP contribution >= 0.6 is 39.7 Å². The van der Waals surface area contributed by atoms with Crippen LogP contribution in [0.5, 0.6) is 5.75 Å². The van der Waals surface area contributed by atoms with Gasteiger partial charge in [0.1, 0.15) is 0 Å². The summed E-state index contributed by atoms with van der Waals surface area (Å²) in [5.41, 5.74) is 6.05. The van der Waals surface area contributed by atoms with Crippen LogP contribution in [0.4, 0.5) is 5.69 Å². The quantitative estimate of drug-likeness (QED) is 0.842. The summed E-state index contributed by atoms with van der Waals surface area (Å²) in [5, 5.41) is 3.55. The maximum absolute atomic E-state index is 5.90. The summed E-state index contributed by atoms with van der Waals surface area (Å²) in [7, 11) is 0. The van der Waals surface area contributed by atoms with Gasteiger partial charge in [0.05, 0.1) is 16.8 Å². The van der Waals surface area contributed by atoms with Crippen LogP contribution in [-0.4, -0.2) is 11.7 Å². The summed E-state index contributed by atoms with van der Waals surface area (Å²) in [4.78, 5) is 0. The molecular weight excluding hydrogens is 300 g/mol. The highest BCUT2D eigenvalue weighted by molar-refractivity contribution is 9.10. The van der Waals surface area contributed by atoms with Crippen LogP contribution in [0.1, 0.15) is 6.92 Å². The molecule has 0 aliphatic carbocycles. The van der Waals surface area contributed by atoms with Crippen molar-refractivity contribution in [1.29, 1.82) is 0 Å². The smallest absolute Gasteiger partial charge is 0.168 e. The number of nitrogens with one attached hydrogen (secondary N) is 1. The Balaban J connectivity index is 3.13. The number of benzene rings is 1. The molecule has 0 atom stereocenters. The molecule has 0 saturated carbocycles. The monoisotopic (exact) mass is 308 g/mol. The second kappa shape index (κ2) is 5.53. The van der Waals surface area contributed by atoms with Gasteiger partial charge in [-0.2, -0.15) is 0 Å². The van der Waals surface area contributed by atoms with Crippen molar-refractivity contribution in [1.82, 2.24) is 0 Å². The fraction of sp³-hybridized carbons (Fsp3) is 0.222. The molecule has 1 aromatic carbocycles. The van der Waals surface area contributed by atoms with E-state index in [9.17, 15) is 0 Å². The number of halogens is 2. The molecule has 0 fully saturated rings. The van der Waals surface area contributed by atoms with Crippen LogP contribution in [0.2, 0.25) is 5.02 Å². The number of hydrogen-bond donors (Lipinski definition) is 2. The molecule has 1 rings (SSSR count). The van der Waals surface area contributed by atoms with Gasteiger partial charge in [-0.25, -0.2) is 0 Å². The fourth-order valence-electron chi connectivity index (χ4n) is 1.08. The summed E-state index contributed by atoms with van der Waals surface area (Å²) in [6, 6.07) is 3.45. The Morgan fingerprint density at radius 2 is 2.33 bits per heavy atom. The van der Waals surface area contributed by atoms with E-state index in [0.717, 1.165) is 4.47 Å². The van der Waals surface area contributed by atoms with E-state index in [2.05, 4.69) is 21.2 Å². The van der Waals surface area contributed by atoms with Crippen molar-refractivity contribution in [2.75, 3.05) is 11.9 Å². The van der Waals surface area contributed by atoms with Gasteiger partial charge in [-0.05, 0) is 47.2 Å². The van der Waals surface area contributed by atoms with E-state index in [0.29, 0.717) is 23.1 Å². The van der Waals surface area contributed by atoms with Gasteiger partial charge in [0.25, 0.3) is 0 Å². The predicted molar refractivity (Wildman–Crippen MR) is 70.7 cm³/mol. The van der Waals surface area contributed by atoms with Gasteiger partial charge >= 0.3 is 0 Å². The van der Waals surface area contributed by atoms with E-state index in [-0.39, 0.29) is 5.11 Å². The zero-order valence-corrected chi connectivity index (χ0v) is 11.2. The second-order valence-electron chi connectivity index (χ2n) is 2.69. The van der Waals surface area contributed by atoms with Crippen molar-refractivity contribution in [3.05, 3.63) is 21.6 Å². The highest BCUT2D eigenvalue weighted by Crippen LogP contribution is 2.36. The average Bonchev–Trinajstić information content (AvgIpc) is 2.10. The molecule has 0 heterocycles. The van der Waals surface area contributed by atoms with E-state index >= 15 is 0 Å². The molecule has 1 aromatic rings. The molecular formula is C9H10BrClN2OS. The molecule has 0 unspecified atom stereocenters. The molecule has 0 aliphatic rings. The van der Waals surface area contributed by atoms with Gasteiger partial charge in [-0.3, -0.25) is 0 Å². The Hall–Kier alpha value is -0.520. The highest BCUT2D eigenvalue weighted by atomic mass is 79.9. The Bertz CT molecular complexity index is 387. The number of thiocarbonyl (C=S) groups is 1. The fourth-order valence-corrected chi connectivity index (χ4v) is 2.11. The van der Waals surface area contributed by atoms with E-state index in [1.165, 1.54) is 0 Å². The Morgan fingerprint density at radius 1 is 1.67 bits per heavy atom. The standard InChI is InChI=1S/C9H10BrClN2OS/c1-2-14-8-6(10)3-5(11)4-7(8)13-9(12)15/h3-4H,2H2,1H3,(H3,12,13,15). The molecule has 3 nitrogen and oxygen atoms in total. The lowest BCUT2D eigenvalue weighted by molar-refractivity contribution is 0.340. The Morgan fingerprint density at radius 3 is 2.87 bits per heavy atom. The average molecular weight is 310 g/mol. The first kappa shape index (κ1) is 12.5. The minimum absolute atomic E-state index is 0.171. The van der Waals surface area contributed by atoms with E-state index < -0.39 is 0 Å². The summed E-state index contributed by atoms with van der Waals surface area (Å²) in [6.07, 6.45) is 0. The molecule has 82 valence electrons. The number of nitrogens with two attached hydrogens (primary N) is 1. The van der Waals surface area contributed by atoms with Gasteiger partial charge < -0.3 is 15.8 Å². The third-order valence-electron chi connectivity index (χ3n) is 1.55. The van der Waals surface area contributed by atoms with Crippen LogP contribution in [-0.2, 0) is 0 Å². The van der Waals surface area contributed by atoms with Crippen molar-refractivity contribution in [3.8, 4) is 5.75 Å². The zero-order valence-electron chi connectivity index (χ0n) is 8.01. The van der Waals surface area contributed by atoms with Crippen LogP contribution in [0.3, 0.4) is 0 Å². The predicted octanol–water partition coefficient (Wildman–Crippen LogP) is 3.16. The zero-order chi connectivity index (χ0) is 11.4. The SMILES string of the molecule is CCOc1c(Br)cc(Cl)cc1NC(N)=S. The first-order chi connectivity index (χ1) is 7.04. The van der Waals surface area contributed by atoms with Gasteiger partial charge in [-0.15, -0.1) is 0 Å². The Kier molecular flexibility index (Phi) is 4.63. The first-order valence-electron chi connectivity index (χ1n) is 4.23. The van der Waals surface area contributed by atoms with Gasteiger partial charge in [0.2, 0.25) is 0 Å². The van der Waals surface area contributed by atoms with Crippen molar-refractivity contribution in [3.63, 3.8) is 0 Å². The normalized spacial score (nSPS) is 9.80. The number of hydrogen-bond acceptors (Lipinski definition) is 2. The van der Waals surface area contributed by atoms with Crippen LogP contribution in [0.15, 0.2) is 16.6 Å². The van der Waals surface area contributed by atoms with Crippen LogP contribution in [0, 0.1) is 0 Å². The third kappa shape index (κ3) is 3.52. The lowest BCUT2D eigenvalue weighted by atomic mass is 10.3. The van der Waals surface area contributed by atoms with Crippen molar-refractivity contribution >= 4 is 50.5 Å². The molecule has 15 heavy (non-hydrogen) atoms. The largest absolute Gasteiger partial charge is 0.491 e. The number of rotatable bonds is 3. The molecule has 0 spiro atoms. The Labute approximate surface area is 107 Å². The summed E-state index contributed by atoms with van der Waals surface area (Å²) in [5.74, 6) is 0.648. The second-order valence-corrected chi connectivity index (χ2v) is 4.42. The molecule has 0 bridgehead atoms. The van der Waals surface area contributed by atoms with Gasteiger partial charge in [0.15, 0.2) is 10.9 Å². The van der Waals surface area contributed by atoms with E-state index in [4.69, 9.17) is 34.3 Å². The summed E-state index contributed by atoms with van der Waals surface area (Å²) in [6.45, 7) is 2.44. The molecule has 0 aromatic heterocycles. The van der Waals surface area contributed by atoms with E-state index in [1.54, 1.807) is 12.1 Å². The molecule has 0 aliphatic heterocycles. The van der Waals surface area contributed by atoms with Gasteiger partial charge in [-0.1, -0.05) is 11.6 Å². The molecule has 3 N–H and O–H groups in total. The molecule has 0 saturated heterocycles. The lowest BCUT2D eigenvalue weighted by Crippen LogP contribution is -2.19. The number of anilines is 1. The van der Waals surface area contributed by atoms with Crippen LogP contribution < -0.4 is 15.8 Å². The molecule has 6 heteroatoms. The number of ether oxygens (including phenoxy) is 1. The van der Waals surface area contributed by atoms with Crippen molar-refractivity contribution in [2.24, 2.45) is 5.73 Å². The lowest BCUT2D eigenvalue weighted by Gasteiger charge is -2.13. The maximum atomic E-state index is 5.90. The highest BCUT2D eigenvalue weighted by Gasteiger charge is 2.10. The first-order valence-corrected chi connectivity index (χ1v) is 5.80. The van der Waals surface area contributed by atoms with E-state index in [1.807, 2.05) is 6.92 Å². The summed E-state index contributed by atoms with van der Waals surface area (Å²) < 4.78 is 6.20. The molecule has 0 radical (unpaired) electrons. The van der Waals surface area contributed by atoms with Crippen molar-refractivity contribution in [2.45, 2.75) is 6.92 Å². The van der Waals surface area contributed by atoms with Gasteiger partial charge in [0, 0.05) is 5.02 Å². The maximum Gasteiger partial charge on any atom is 0.168 e. The minimum Gasteiger partial charge on any atom is -0.491 e. The van der Waals surface area contributed by atoms with Crippen LogP contribution in [0.25, 0.3) is 0 Å². The minimum atomic E-state index is 0.171. The van der Waals surface area contributed by atoms with Crippen molar-refractivity contribution < 1.29 is 4.74 Å². The third-order valence-corrected chi connectivity index (χ3v) is 2.46. The summed E-state index contributed by atoms with van der Waals surface area (Å²) >= 11 is 14.0. The molecule has 0 amide bonds.